The summed E-state index contributed by atoms with van der Waals surface area (Å²) in [6.45, 7) is 7.13. The number of aryl methyl sites for hydroxylation is 1. The molecule has 1 saturated heterocycles. The first-order valence-electron chi connectivity index (χ1n) is 11.5. The van der Waals surface area contributed by atoms with Crippen molar-refractivity contribution < 1.29 is 4.42 Å². The van der Waals surface area contributed by atoms with Crippen molar-refractivity contribution in [1.82, 2.24) is 30.0 Å². The molecule has 10 heteroatoms. The van der Waals surface area contributed by atoms with Gasteiger partial charge >= 0.3 is 0 Å². The maximum atomic E-state index is 6.40. The van der Waals surface area contributed by atoms with Gasteiger partial charge in [-0.3, -0.25) is 4.90 Å². The van der Waals surface area contributed by atoms with Crippen LogP contribution in [-0.2, 0) is 6.54 Å². The molecule has 35 heavy (non-hydrogen) atoms. The van der Waals surface area contributed by atoms with Crippen LogP contribution in [0.15, 0.2) is 59.1 Å². The lowest BCUT2D eigenvalue weighted by Crippen LogP contribution is -2.43. The van der Waals surface area contributed by atoms with Crippen LogP contribution < -0.4 is 10.6 Å². The Balaban J connectivity index is 1.28. The van der Waals surface area contributed by atoms with Crippen LogP contribution in [0.25, 0.3) is 11.5 Å². The topological polar surface area (TPSA) is 95.2 Å². The molecule has 9 nitrogen and oxygen atoms in total. The molecule has 0 atom stereocenters. The van der Waals surface area contributed by atoms with E-state index in [0.29, 0.717) is 28.6 Å². The molecule has 4 aromatic rings. The standard InChI is InChI=1S/C25H27ClN8O/c1-17-31-32-24(35-17)20-5-3-4-6-22(20)29-23-21(26)15-27-25(30-23)28-19-9-7-18(8-10-19)16-34-13-11-33(2)12-14-34/h3-10,15H,11-14,16H2,1-2H3,(H2,27,28,29,30). The summed E-state index contributed by atoms with van der Waals surface area (Å²) in [6.07, 6.45) is 1.57. The summed E-state index contributed by atoms with van der Waals surface area (Å²) < 4.78 is 5.60. The number of nitrogens with one attached hydrogen (secondary N) is 2. The number of hydrogen-bond acceptors (Lipinski definition) is 9. The molecular formula is C25H27ClN8O. The quantitative estimate of drug-likeness (QED) is 0.381. The van der Waals surface area contributed by atoms with E-state index < -0.39 is 0 Å². The molecule has 0 spiro atoms. The molecule has 0 unspecified atom stereocenters. The van der Waals surface area contributed by atoms with Crippen molar-refractivity contribution in [1.29, 1.82) is 0 Å². The third kappa shape index (κ3) is 5.76. The van der Waals surface area contributed by atoms with Crippen molar-refractivity contribution in [2.75, 3.05) is 43.9 Å². The minimum absolute atomic E-state index is 0.398. The van der Waals surface area contributed by atoms with E-state index in [1.54, 1.807) is 13.1 Å². The smallest absolute Gasteiger partial charge is 0.249 e. The largest absolute Gasteiger partial charge is 0.421 e. The Bertz CT molecular complexity index is 1280. The summed E-state index contributed by atoms with van der Waals surface area (Å²) in [6, 6.07) is 16.0. The van der Waals surface area contributed by atoms with E-state index in [4.69, 9.17) is 16.0 Å². The number of likely N-dealkylation sites (N-methyl/N-ethyl adjacent to an activating group) is 1. The van der Waals surface area contributed by atoms with E-state index >= 15 is 0 Å². The fourth-order valence-electron chi connectivity index (χ4n) is 3.91. The van der Waals surface area contributed by atoms with Gasteiger partial charge in [0.05, 0.1) is 17.4 Å². The van der Waals surface area contributed by atoms with Gasteiger partial charge in [-0.25, -0.2) is 4.98 Å². The van der Waals surface area contributed by atoms with Crippen molar-refractivity contribution in [3.8, 4) is 11.5 Å². The predicted octanol–water partition coefficient (Wildman–Crippen LogP) is 4.72. The van der Waals surface area contributed by atoms with Crippen molar-refractivity contribution in [2.24, 2.45) is 0 Å². The highest BCUT2D eigenvalue weighted by Crippen LogP contribution is 2.31. The van der Waals surface area contributed by atoms with Crippen LogP contribution in [0.5, 0.6) is 0 Å². The Kier molecular flexibility index (Phi) is 6.89. The zero-order valence-electron chi connectivity index (χ0n) is 19.7. The maximum Gasteiger partial charge on any atom is 0.249 e. The average Bonchev–Trinajstić information content (AvgIpc) is 3.30. The van der Waals surface area contributed by atoms with Crippen LogP contribution in [0.4, 0.5) is 23.1 Å². The van der Waals surface area contributed by atoms with Crippen LogP contribution >= 0.6 is 11.6 Å². The Labute approximate surface area is 209 Å². The Morgan fingerprint density at radius 1 is 0.971 bits per heavy atom. The van der Waals surface area contributed by atoms with Crippen molar-refractivity contribution in [3.05, 3.63) is 71.2 Å². The zero-order valence-corrected chi connectivity index (χ0v) is 20.5. The highest BCUT2D eigenvalue weighted by molar-refractivity contribution is 6.33. The minimum Gasteiger partial charge on any atom is -0.421 e. The second-order valence-corrected chi connectivity index (χ2v) is 9.00. The Morgan fingerprint density at radius 3 is 2.49 bits per heavy atom. The molecule has 0 saturated carbocycles. The van der Waals surface area contributed by atoms with Crippen LogP contribution in [0.2, 0.25) is 5.02 Å². The molecule has 2 aromatic heterocycles. The van der Waals surface area contributed by atoms with E-state index in [1.165, 1.54) is 5.56 Å². The molecule has 2 aromatic carbocycles. The van der Waals surface area contributed by atoms with E-state index in [1.807, 2.05) is 36.4 Å². The molecule has 5 rings (SSSR count). The molecule has 0 aliphatic carbocycles. The summed E-state index contributed by atoms with van der Waals surface area (Å²) in [4.78, 5) is 13.8. The number of nitrogens with zero attached hydrogens (tertiary/aromatic N) is 6. The third-order valence-electron chi connectivity index (χ3n) is 5.89. The molecule has 0 radical (unpaired) electrons. The van der Waals surface area contributed by atoms with E-state index in [2.05, 4.69) is 59.8 Å². The Morgan fingerprint density at radius 2 is 1.74 bits per heavy atom. The van der Waals surface area contributed by atoms with Gasteiger partial charge in [-0.15, -0.1) is 10.2 Å². The zero-order chi connectivity index (χ0) is 24.2. The highest BCUT2D eigenvalue weighted by atomic mass is 35.5. The maximum absolute atomic E-state index is 6.40. The van der Waals surface area contributed by atoms with Crippen molar-refractivity contribution in [2.45, 2.75) is 13.5 Å². The van der Waals surface area contributed by atoms with Gasteiger partial charge in [0, 0.05) is 45.3 Å². The van der Waals surface area contributed by atoms with Gasteiger partial charge in [0.25, 0.3) is 0 Å². The lowest BCUT2D eigenvalue weighted by molar-refractivity contribution is 0.148. The van der Waals surface area contributed by atoms with E-state index in [9.17, 15) is 0 Å². The molecule has 1 aliphatic heterocycles. The number of anilines is 4. The molecule has 1 aliphatic rings. The lowest BCUT2D eigenvalue weighted by atomic mass is 10.1. The minimum atomic E-state index is 0.398. The molecule has 180 valence electrons. The van der Waals surface area contributed by atoms with Crippen molar-refractivity contribution >= 4 is 34.7 Å². The van der Waals surface area contributed by atoms with Crippen LogP contribution in [0, 0.1) is 6.92 Å². The summed E-state index contributed by atoms with van der Waals surface area (Å²) >= 11 is 6.40. The first-order chi connectivity index (χ1) is 17.0. The number of hydrogen-bond donors (Lipinski definition) is 2. The molecule has 2 N–H and O–H groups in total. The number of benzene rings is 2. The van der Waals surface area contributed by atoms with Gasteiger partial charge in [-0.2, -0.15) is 4.98 Å². The predicted molar refractivity (Wildman–Crippen MR) is 137 cm³/mol. The van der Waals surface area contributed by atoms with E-state index in [-0.39, 0.29) is 0 Å². The number of para-hydroxylation sites is 1. The van der Waals surface area contributed by atoms with Gasteiger partial charge in [-0.05, 0) is 36.9 Å². The molecule has 1 fully saturated rings. The van der Waals surface area contributed by atoms with Gasteiger partial charge in [0.2, 0.25) is 17.7 Å². The van der Waals surface area contributed by atoms with Gasteiger partial charge < -0.3 is 20.0 Å². The van der Waals surface area contributed by atoms with Crippen LogP contribution in [-0.4, -0.2) is 63.2 Å². The molecular weight excluding hydrogens is 464 g/mol. The number of rotatable bonds is 7. The summed E-state index contributed by atoms with van der Waals surface area (Å²) in [7, 11) is 2.17. The fraction of sp³-hybridized carbons (Fsp3) is 0.280. The first kappa shape index (κ1) is 23.2. The average molecular weight is 491 g/mol. The molecule has 3 heterocycles. The first-order valence-corrected chi connectivity index (χ1v) is 11.9. The monoisotopic (exact) mass is 490 g/mol. The second kappa shape index (κ2) is 10.4. The SMILES string of the molecule is Cc1nnc(-c2ccccc2Nc2nc(Nc3ccc(CN4CCN(C)CC4)cc3)ncc2Cl)o1. The molecule has 0 bridgehead atoms. The van der Waals surface area contributed by atoms with Gasteiger partial charge in [0.1, 0.15) is 5.02 Å². The Hall–Kier alpha value is -3.53. The third-order valence-corrected chi connectivity index (χ3v) is 6.17. The highest BCUT2D eigenvalue weighted by Gasteiger charge is 2.15. The van der Waals surface area contributed by atoms with Gasteiger partial charge in [0.15, 0.2) is 5.82 Å². The van der Waals surface area contributed by atoms with E-state index in [0.717, 1.165) is 49.7 Å². The number of piperazine rings is 1. The summed E-state index contributed by atoms with van der Waals surface area (Å²) in [5.74, 6) is 1.83. The number of halogens is 1. The lowest BCUT2D eigenvalue weighted by Gasteiger charge is -2.32. The van der Waals surface area contributed by atoms with Crippen LogP contribution in [0.1, 0.15) is 11.5 Å². The summed E-state index contributed by atoms with van der Waals surface area (Å²) in [5, 5.41) is 15.0. The summed E-state index contributed by atoms with van der Waals surface area (Å²) in [5.41, 5.74) is 3.69. The number of aromatic nitrogens is 4. The van der Waals surface area contributed by atoms with Gasteiger partial charge in [-0.1, -0.05) is 35.9 Å². The normalized spacial score (nSPS) is 14.7. The van der Waals surface area contributed by atoms with Crippen molar-refractivity contribution in [3.63, 3.8) is 0 Å². The van der Waals surface area contributed by atoms with Crippen LogP contribution in [0.3, 0.4) is 0 Å². The second-order valence-electron chi connectivity index (χ2n) is 8.59. The molecule has 0 amide bonds. The fourth-order valence-corrected chi connectivity index (χ4v) is 4.05.